The topological polar surface area (TPSA) is 57.5 Å². The van der Waals surface area contributed by atoms with Crippen LogP contribution < -0.4 is 0 Å². The summed E-state index contributed by atoms with van der Waals surface area (Å²) in [5.74, 6) is -1.15. The first-order valence-corrected chi connectivity index (χ1v) is 8.39. The summed E-state index contributed by atoms with van der Waals surface area (Å²) in [5.41, 5.74) is 3.14. The second kappa shape index (κ2) is 6.68. The molecule has 0 fully saturated rings. The third kappa shape index (κ3) is 2.91. The second-order valence-electron chi connectivity index (χ2n) is 6.87. The molecule has 128 valence electrons. The number of aromatic carboxylic acids is 1. The van der Waals surface area contributed by atoms with Gasteiger partial charge in [0.1, 0.15) is 11.3 Å². The number of rotatable bonds is 5. The summed E-state index contributed by atoms with van der Waals surface area (Å²) in [5, 5.41) is 20.1. The molecule has 1 unspecified atom stereocenters. The lowest BCUT2D eigenvalue weighted by molar-refractivity contribution is 0.0692. The van der Waals surface area contributed by atoms with E-state index < -0.39 is 5.97 Å². The number of carbonyl (C=O) groups is 1. The fourth-order valence-electron chi connectivity index (χ4n) is 3.42. The highest BCUT2D eigenvalue weighted by Gasteiger charge is 2.32. The van der Waals surface area contributed by atoms with Crippen molar-refractivity contribution in [2.45, 2.75) is 52.4 Å². The summed E-state index contributed by atoms with van der Waals surface area (Å²) in [7, 11) is 0. The van der Waals surface area contributed by atoms with Crippen molar-refractivity contribution in [2.24, 2.45) is 0 Å². The van der Waals surface area contributed by atoms with Gasteiger partial charge in [0.05, 0.1) is 0 Å². The lowest BCUT2D eigenvalue weighted by atomic mass is 9.71. The van der Waals surface area contributed by atoms with Crippen molar-refractivity contribution in [2.75, 3.05) is 0 Å². The molecule has 0 bridgehead atoms. The Morgan fingerprint density at radius 3 is 2.25 bits per heavy atom. The Labute approximate surface area is 144 Å². The molecule has 0 aromatic heterocycles. The first-order chi connectivity index (χ1) is 11.2. The van der Waals surface area contributed by atoms with Gasteiger partial charge in [-0.1, -0.05) is 64.1 Å². The number of aromatic hydroxyl groups is 1. The summed E-state index contributed by atoms with van der Waals surface area (Å²) < 4.78 is 0. The van der Waals surface area contributed by atoms with Gasteiger partial charge in [-0.05, 0) is 41.5 Å². The zero-order chi connectivity index (χ0) is 18.1. The molecule has 0 saturated heterocycles. The molecular weight excluding hydrogens is 300 g/mol. The molecule has 0 heterocycles. The summed E-state index contributed by atoms with van der Waals surface area (Å²) in [6.45, 7) is 9.96. The molecule has 2 aromatic rings. The molecule has 0 aliphatic rings. The van der Waals surface area contributed by atoms with Crippen LogP contribution in [0.3, 0.4) is 0 Å². The standard InChI is InChI=1S/C21H26O3/c1-6-21(5,15-10-8-7-9-11-15)17-12-16(13(2)3)19(22)18(14(17)4)20(23)24/h7-13,22H,6H2,1-5H3,(H,23,24). The van der Waals surface area contributed by atoms with Gasteiger partial charge in [-0.25, -0.2) is 4.79 Å². The van der Waals surface area contributed by atoms with Crippen LogP contribution in [0.1, 0.15) is 72.6 Å². The van der Waals surface area contributed by atoms with E-state index >= 15 is 0 Å². The summed E-state index contributed by atoms with van der Waals surface area (Å²) in [6, 6.07) is 12.1. The third-order valence-electron chi connectivity index (χ3n) is 5.14. The Balaban J connectivity index is 2.84. The number of hydrogen-bond acceptors (Lipinski definition) is 2. The quantitative estimate of drug-likeness (QED) is 0.790. The molecule has 3 heteroatoms. The first-order valence-electron chi connectivity index (χ1n) is 8.39. The minimum atomic E-state index is -1.08. The molecule has 3 nitrogen and oxygen atoms in total. The molecule has 1 atom stereocenters. The predicted molar refractivity (Wildman–Crippen MR) is 97.1 cm³/mol. The SMILES string of the molecule is CCC(C)(c1ccccc1)c1cc(C(C)C)c(O)c(C(=O)O)c1C. The lowest BCUT2D eigenvalue weighted by Gasteiger charge is -2.33. The van der Waals surface area contributed by atoms with Crippen LogP contribution in [0.5, 0.6) is 5.75 Å². The van der Waals surface area contributed by atoms with Crippen LogP contribution in [0.2, 0.25) is 0 Å². The highest BCUT2D eigenvalue weighted by atomic mass is 16.4. The average molecular weight is 326 g/mol. The van der Waals surface area contributed by atoms with Crippen molar-refractivity contribution >= 4 is 5.97 Å². The molecule has 0 amide bonds. The smallest absolute Gasteiger partial charge is 0.339 e. The van der Waals surface area contributed by atoms with Crippen molar-refractivity contribution < 1.29 is 15.0 Å². The third-order valence-corrected chi connectivity index (χ3v) is 5.14. The Bertz CT molecular complexity index is 747. The fourth-order valence-corrected chi connectivity index (χ4v) is 3.42. The largest absolute Gasteiger partial charge is 0.507 e. The summed E-state index contributed by atoms with van der Waals surface area (Å²) >= 11 is 0. The van der Waals surface area contributed by atoms with Crippen LogP contribution in [0.15, 0.2) is 36.4 Å². The predicted octanol–water partition coefficient (Wildman–Crippen LogP) is 5.24. The van der Waals surface area contributed by atoms with Gasteiger partial charge in [-0.15, -0.1) is 0 Å². The lowest BCUT2D eigenvalue weighted by Crippen LogP contribution is -2.25. The van der Waals surface area contributed by atoms with E-state index in [1.807, 2.05) is 38.1 Å². The first kappa shape index (κ1) is 18.1. The van der Waals surface area contributed by atoms with Crippen molar-refractivity contribution in [1.82, 2.24) is 0 Å². The molecule has 24 heavy (non-hydrogen) atoms. The maximum atomic E-state index is 11.8. The second-order valence-corrected chi connectivity index (χ2v) is 6.87. The van der Waals surface area contributed by atoms with Gasteiger partial charge in [0.15, 0.2) is 0 Å². The van der Waals surface area contributed by atoms with Crippen LogP contribution in [0.4, 0.5) is 0 Å². The Hall–Kier alpha value is -2.29. The zero-order valence-corrected chi connectivity index (χ0v) is 15.1. The number of hydrogen-bond donors (Lipinski definition) is 2. The normalized spacial score (nSPS) is 13.8. The van der Waals surface area contributed by atoms with E-state index in [1.54, 1.807) is 6.92 Å². The van der Waals surface area contributed by atoms with Crippen molar-refractivity contribution in [3.63, 3.8) is 0 Å². The fraction of sp³-hybridized carbons (Fsp3) is 0.381. The Morgan fingerprint density at radius 1 is 1.21 bits per heavy atom. The molecule has 0 aliphatic heterocycles. The van der Waals surface area contributed by atoms with Gasteiger partial charge < -0.3 is 10.2 Å². The number of carboxylic acid groups (broad SMARTS) is 1. The van der Waals surface area contributed by atoms with Gasteiger partial charge in [-0.3, -0.25) is 0 Å². The zero-order valence-electron chi connectivity index (χ0n) is 15.1. The van der Waals surface area contributed by atoms with Crippen LogP contribution in [-0.4, -0.2) is 16.2 Å². The van der Waals surface area contributed by atoms with Gasteiger partial charge in [0.2, 0.25) is 0 Å². The van der Waals surface area contributed by atoms with Crippen LogP contribution in [0, 0.1) is 6.92 Å². The molecule has 0 spiro atoms. The number of phenols is 1. The molecule has 2 rings (SSSR count). The average Bonchev–Trinajstić information content (AvgIpc) is 2.54. The minimum Gasteiger partial charge on any atom is -0.507 e. The Morgan fingerprint density at radius 2 is 1.79 bits per heavy atom. The highest BCUT2D eigenvalue weighted by Crippen LogP contribution is 2.42. The van der Waals surface area contributed by atoms with Crippen molar-refractivity contribution in [3.05, 3.63) is 64.2 Å². The van der Waals surface area contributed by atoms with Gasteiger partial charge in [-0.2, -0.15) is 0 Å². The van der Waals surface area contributed by atoms with Crippen molar-refractivity contribution in [3.8, 4) is 5.75 Å². The maximum Gasteiger partial charge on any atom is 0.339 e. The van der Waals surface area contributed by atoms with Crippen LogP contribution in [-0.2, 0) is 5.41 Å². The number of benzene rings is 2. The maximum absolute atomic E-state index is 11.8. The van der Waals surface area contributed by atoms with Gasteiger partial charge in [0.25, 0.3) is 0 Å². The molecule has 2 aromatic carbocycles. The highest BCUT2D eigenvalue weighted by molar-refractivity contribution is 5.93. The van der Waals surface area contributed by atoms with E-state index in [1.165, 1.54) is 0 Å². The van der Waals surface area contributed by atoms with E-state index in [-0.39, 0.29) is 22.6 Å². The van der Waals surface area contributed by atoms with Crippen LogP contribution in [0.25, 0.3) is 0 Å². The van der Waals surface area contributed by atoms with E-state index in [0.29, 0.717) is 11.1 Å². The van der Waals surface area contributed by atoms with Gasteiger partial charge >= 0.3 is 5.97 Å². The summed E-state index contributed by atoms with van der Waals surface area (Å²) in [6.07, 6.45) is 0.833. The van der Waals surface area contributed by atoms with Crippen molar-refractivity contribution in [1.29, 1.82) is 0 Å². The van der Waals surface area contributed by atoms with E-state index in [4.69, 9.17) is 0 Å². The van der Waals surface area contributed by atoms with Gasteiger partial charge in [0, 0.05) is 5.41 Å². The number of carboxylic acids is 1. The van der Waals surface area contributed by atoms with E-state index in [9.17, 15) is 15.0 Å². The van der Waals surface area contributed by atoms with Crippen LogP contribution >= 0.6 is 0 Å². The molecule has 0 saturated carbocycles. The van der Waals surface area contributed by atoms with E-state index in [2.05, 4.69) is 26.0 Å². The Kier molecular flexibility index (Phi) is 5.02. The molecular formula is C21H26O3. The summed E-state index contributed by atoms with van der Waals surface area (Å²) in [4.78, 5) is 11.8. The molecule has 0 aliphatic carbocycles. The minimum absolute atomic E-state index is 0.0202. The monoisotopic (exact) mass is 326 g/mol. The molecule has 2 N–H and O–H groups in total. The molecule has 0 radical (unpaired) electrons. The van der Waals surface area contributed by atoms with E-state index in [0.717, 1.165) is 17.5 Å².